The highest BCUT2D eigenvalue weighted by Gasteiger charge is 2.29. The molecule has 6 nitrogen and oxygen atoms in total. The highest BCUT2D eigenvalue weighted by atomic mass is 32.1. The minimum absolute atomic E-state index is 0.267. The van der Waals surface area contributed by atoms with Crippen LogP contribution in [0.2, 0.25) is 0 Å². The lowest BCUT2D eigenvalue weighted by molar-refractivity contribution is 0.167. The van der Waals surface area contributed by atoms with E-state index in [4.69, 9.17) is 9.72 Å². The third-order valence-corrected chi connectivity index (χ3v) is 7.34. The van der Waals surface area contributed by atoms with E-state index in [2.05, 4.69) is 42.5 Å². The summed E-state index contributed by atoms with van der Waals surface area (Å²) in [6.45, 7) is 10.9. The van der Waals surface area contributed by atoms with E-state index in [1.807, 2.05) is 13.1 Å². The maximum Gasteiger partial charge on any atom is 0.154 e. The maximum atomic E-state index is 10.8. The first-order valence-electron chi connectivity index (χ1n) is 11.5. The van der Waals surface area contributed by atoms with Gasteiger partial charge in [-0.2, -0.15) is 0 Å². The summed E-state index contributed by atoms with van der Waals surface area (Å²) < 4.78 is 5.18. The molecule has 0 atom stereocenters. The van der Waals surface area contributed by atoms with Crippen LogP contribution in [0.5, 0.6) is 0 Å². The van der Waals surface area contributed by atoms with Crippen molar-refractivity contribution < 1.29 is 9.94 Å². The Morgan fingerprint density at radius 1 is 1.36 bits per heavy atom. The number of anilines is 1. The molecule has 1 saturated carbocycles. The van der Waals surface area contributed by atoms with Gasteiger partial charge < -0.3 is 4.74 Å². The monoisotopic (exact) mass is 464 g/mol. The van der Waals surface area contributed by atoms with E-state index in [-0.39, 0.29) is 5.92 Å². The number of fused-ring (bicyclic) bond motifs is 1. The molecule has 33 heavy (non-hydrogen) atoms. The molecule has 1 N–H and O–H groups in total. The predicted octanol–water partition coefficient (Wildman–Crippen LogP) is 6.79. The fourth-order valence-corrected chi connectivity index (χ4v) is 5.60. The quantitative estimate of drug-likeness (QED) is 0.279. The van der Waals surface area contributed by atoms with Gasteiger partial charge in [-0.25, -0.2) is 20.0 Å². The first kappa shape index (κ1) is 23.5. The highest BCUT2D eigenvalue weighted by molar-refractivity contribution is 7.22. The molecule has 0 radical (unpaired) electrons. The van der Waals surface area contributed by atoms with Crippen molar-refractivity contribution in [3.63, 3.8) is 0 Å². The standard InChI is InChI=1S/C26H32N4O2S/c1-6-10-27-24-17(4)13-19(15-28-24)21-14-20(18-8-7-9-18)23-22(16(2)3)26(33-25(23)29-21)30(31)11-12-32-5/h6,10,13-16,18,31H,1,7-9,11-12H2,2-5H3. The Kier molecular flexibility index (Phi) is 7.22. The van der Waals surface area contributed by atoms with E-state index < -0.39 is 0 Å². The molecule has 3 aromatic heterocycles. The molecular formula is C26H32N4O2S. The Bertz CT molecular complexity index is 1180. The smallest absolute Gasteiger partial charge is 0.154 e. The van der Waals surface area contributed by atoms with Crippen LogP contribution in [0.15, 0.2) is 36.0 Å². The zero-order chi connectivity index (χ0) is 23.5. The van der Waals surface area contributed by atoms with Crippen molar-refractivity contribution in [1.29, 1.82) is 0 Å². The summed E-state index contributed by atoms with van der Waals surface area (Å²) in [4.78, 5) is 14.9. The average molecular weight is 465 g/mol. The summed E-state index contributed by atoms with van der Waals surface area (Å²) in [6.07, 6.45) is 8.79. The molecular weight excluding hydrogens is 432 g/mol. The predicted molar refractivity (Wildman–Crippen MR) is 138 cm³/mol. The largest absolute Gasteiger partial charge is 0.383 e. The summed E-state index contributed by atoms with van der Waals surface area (Å²) in [7, 11) is 1.65. The van der Waals surface area contributed by atoms with E-state index in [1.54, 1.807) is 30.7 Å². The summed E-state index contributed by atoms with van der Waals surface area (Å²) in [6, 6.07) is 4.34. The number of allylic oxidation sites excluding steroid dienone is 1. The second-order valence-corrected chi connectivity index (χ2v) is 9.85. The van der Waals surface area contributed by atoms with Crippen molar-refractivity contribution >= 4 is 38.6 Å². The van der Waals surface area contributed by atoms with Crippen LogP contribution in [0.25, 0.3) is 21.5 Å². The van der Waals surface area contributed by atoms with Crippen LogP contribution in [-0.4, -0.2) is 41.7 Å². The van der Waals surface area contributed by atoms with Crippen LogP contribution >= 0.6 is 11.3 Å². The van der Waals surface area contributed by atoms with E-state index in [0.29, 0.717) is 24.9 Å². The number of aliphatic imine (C=N–C) groups is 1. The van der Waals surface area contributed by atoms with Gasteiger partial charge in [-0.15, -0.1) is 0 Å². The number of ether oxygens (including phenoxy) is 1. The number of hydroxylamine groups is 1. The van der Waals surface area contributed by atoms with Crippen molar-refractivity contribution in [2.45, 2.75) is 51.9 Å². The molecule has 0 unspecified atom stereocenters. The van der Waals surface area contributed by atoms with Crippen molar-refractivity contribution in [2.75, 3.05) is 25.3 Å². The first-order valence-corrected chi connectivity index (χ1v) is 12.3. The molecule has 0 aliphatic heterocycles. The fourth-order valence-electron chi connectivity index (χ4n) is 4.30. The van der Waals surface area contributed by atoms with Gasteiger partial charge in [-0.1, -0.05) is 44.3 Å². The van der Waals surface area contributed by atoms with Crippen LogP contribution in [0, 0.1) is 6.92 Å². The number of pyridine rings is 2. The summed E-state index contributed by atoms with van der Waals surface area (Å²) in [5.41, 5.74) is 5.42. The molecule has 1 fully saturated rings. The zero-order valence-corrected chi connectivity index (χ0v) is 20.7. The fraction of sp³-hybridized carbons (Fsp3) is 0.423. The van der Waals surface area contributed by atoms with Crippen molar-refractivity contribution in [2.24, 2.45) is 4.99 Å². The van der Waals surface area contributed by atoms with Crippen LogP contribution in [0.4, 0.5) is 10.8 Å². The van der Waals surface area contributed by atoms with E-state index >= 15 is 0 Å². The summed E-state index contributed by atoms with van der Waals surface area (Å²) >= 11 is 1.56. The lowest BCUT2D eigenvalue weighted by atomic mass is 9.78. The Hall–Kier alpha value is -2.61. The van der Waals surface area contributed by atoms with Gasteiger partial charge in [0.1, 0.15) is 9.83 Å². The SMILES string of the molecule is C=CC=Nc1ncc(-c2cc(C3CCC3)c3c(C(C)C)c(N(O)CCOC)sc3n2)cc1C. The minimum Gasteiger partial charge on any atom is -0.383 e. The number of aromatic nitrogens is 2. The molecule has 3 heterocycles. The third kappa shape index (κ3) is 4.71. The first-order chi connectivity index (χ1) is 15.9. The number of hydrogen-bond acceptors (Lipinski definition) is 7. The second kappa shape index (κ2) is 10.1. The van der Waals surface area contributed by atoms with Gasteiger partial charge in [-0.05, 0) is 54.9 Å². The number of nitrogens with zero attached hydrogens (tertiary/aromatic N) is 4. The summed E-state index contributed by atoms with van der Waals surface area (Å²) in [5, 5.41) is 14.2. The van der Waals surface area contributed by atoms with E-state index in [0.717, 1.165) is 26.7 Å². The lowest BCUT2D eigenvalue weighted by Crippen LogP contribution is -2.23. The normalized spacial score (nSPS) is 14.4. The van der Waals surface area contributed by atoms with Crippen LogP contribution < -0.4 is 5.06 Å². The van der Waals surface area contributed by atoms with Gasteiger partial charge in [0.15, 0.2) is 5.82 Å². The molecule has 0 aromatic carbocycles. The van der Waals surface area contributed by atoms with Gasteiger partial charge in [0.05, 0.1) is 18.8 Å². The molecule has 1 aliphatic rings. The molecule has 0 amide bonds. The molecule has 0 bridgehead atoms. The number of aryl methyl sites for hydroxylation is 1. The zero-order valence-electron chi connectivity index (χ0n) is 19.8. The average Bonchev–Trinajstić information content (AvgIpc) is 3.15. The highest BCUT2D eigenvalue weighted by Crippen LogP contribution is 2.48. The Morgan fingerprint density at radius 2 is 2.15 bits per heavy atom. The Morgan fingerprint density at radius 3 is 2.76 bits per heavy atom. The molecule has 0 saturated heterocycles. The molecule has 7 heteroatoms. The van der Waals surface area contributed by atoms with Crippen molar-refractivity contribution in [3.8, 4) is 11.3 Å². The van der Waals surface area contributed by atoms with Crippen LogP contribution in [0.1, 0.15) is 61.6 Å². The molecule has 174 valence electrons. The number of methoxy groups -OCH3 is 1. The van der Waals surface area contributed by atoms with E-state index in [1.165, 1.54) is 40.8 Å². The second-order valence-electron chi connectivity index (χ2n) is 8.87. The molecule has 4 rings (SSSR count). The summed E-state index contributed by atoms with van der Waals surface area (Å²) in [5.74, 6) is 1.49. The van der Waals surface area contributed by atoms with Crippen molar-refractivity contribution in [1.82, 2.24) is 9.97 Å². The topological polar surface area (TPSA) is 70.8 Å². The lowest BCUT2D eigenvalue weighted by Gasteiger charge is -2.28. The molecule has 1 aliphatic carbocycles. The van der Waals surface area contributed by atoms with Gasteiger partial charge in [0.25, 0.3) is 0 Å². The third-order valence-electron chi connectivity index (χ3n) is 6.22. The van der Waals surface area contributed by atoms with Crippen LogP contribution in [-0.2, 0) is 4.74 Å². The van der Waals surface area contributed by atoms with Gasteiger partial charge in [0, 0.05) is 36.0 Å². The Labute approximate surface area is 199 Å². The Balaban J connectivity index is 1.87. The van der Waals surface area contributed by atoms with Gasteiger partial charge in [-0.3, -0.25) is 5.21 Å². The van der Waals surface area contributed by atoms with Crippen molar-refractivity contribution in [3.05, 3.63) is 47.7 Å². The molecule has 3 aromatic rings. The number of rotatable bonds is 9. The van der Waals surface area contributed by atoms with Gasteiger partial charge >= 0.3 is 0 Å². The number of hydrogen-bond donors (Lipinski definition) is 1. The van der Waals surface area contributed by atoms with E-state index in [9.17, 15) is 5.21 Å². The minimum atomic E-state index is 0.267. The van der Waals surface area contributed by atoms with Gasteiger partial charge in [0.2, 0.25) is 0 Å². The number of thiophene rings is 1. The maximum absolute atomic E-state index is 10.8. The molecule has 0 spiro atoms. The van der Waals surface area contributed by atoms with Crippen LogP contribution in [0.3, 0.4) is 0 Å².